The Kier molecular flexibility index (Phi) is 6.38. The number of amidine groups is 1. The Morgan fingerprint density at radius 1 is 1.00 bits per heavy atom. The molecule has 16 heteroatoms. The second kappa shape index (κ2) is 7.79. The highest BCUT2D eigenvalue weighted by Crippen LogP contribution is 2.59. The lowest BCUT2D eigenvalue weighted by Crippen LogP contribution is -2.55. The maximum atomic E-state index is 13.6. The van der Waals surface area contributed by atoms with E-state index in [2.05, 4.69) is 4.99 Å². The van der Waals surface area contributed by atoms with Gasteiger partial charge >= 0.3 is 18.5 Å². The quantitative estimate of drug-likeness (QED) is 0.444. The lowest BCUT2D eigenvalue weighted by atomic mass is 9.97. The monoisotopic (exact) mass is 508 g/mol. The third-order valence-electron chi connectivity index (χ3n) is 3.46. The summed E-state index contributed by atoms with van der Waals surface area (Å²) in [5, 5.41) is -0.458. The molecular weight excluding hydrogens is 505 g/mol. The minimum absolute atomic E-state index is 0.0229. The number of benzene rings is 1. The molecule has 0 atom stereocenters. The molecular formula is C14H4Cl2F10N2OS. The highest BCUT2D eigenvalue weighted by molar-refractivity contribution is 8.17. The first-order chi connectivity index (χ1) is 13.4. The maximum absolute atomic E-state index is 13.6. The van der Waals surface area contributed by atoms with Crippen LogP contribution in [0.3, 0.4) is 0 Å². The van der Waals surface area contributed by atoms with E-state index in [4.69, 9.17) is 23.2 Å². The average Bonchev–Trinajstić information content (AvgIpc) is 2.93. The molecule has 0 bridgehead atoms. The van der Waals surface area contributed by atoms with E-state index in [1.165, 1.54) is 5.32 Å². The Hall–Kier alpha value is -1.67. The van der Waals surface area contributed by atoms with Gasteiger partial charge < -0.3 is 5.32 Å². The number of halogens is 12. The standard InChI is InChI=1S/C14H4Cl2F10N2OS/c15-4-1-2-5(6(16)3-4)9(29)27-10-28-11(13(21,22)23,14(24,25)26)8(30-10)7(17)12(18,19)20/h1-3H,(H,27,28,29). The van der Waals surface area contributed by atoms with Crippen LogP contribution in [-0.4, -0.2) is 35.1 Å². The Bertz CT molecular complexity index is 922. The van der Waals surface area contributed by atoms with Gasteiger partial charge in [0.1, 0.15) is 0 Å². The third-order valence-corrected chi connectivity index (χ3v) is 5.07. The number of carbonyl (C=O) groups is 1. The molecule has 1 aromatic rings. The van der Waals surface area contributed by atoms with Crippen molar-refractivity contribution in [3.8, 4) is 0 Å². The second-order valence-electron chi connectivity index (χ2n) is 5.44. The molecule has 1 N–H and O–H groups in total. The van der Waals surface area contributed by atoms with Crippen LogP contribution in [0.5, 0.6) is 0 Å². The molecule has 0 saturated heterocycles. The van der Waals surface area contributed by atoms with Crippen molar-refractivity contribution in [2.24, 2.45) is 4.99 Å². The van der Waals surface area contributed by atoms with Crippen LogP contribution in [0.1, 0.15) is 10.4 Å². The molecule has 166 valence electrons. The molecule has 2 rings (SSSR count). The van der Waals surface area contributed by atoms with Crippen molar-refractivity contribution in [1.82, 2.24) is 5.32 Å². The summed E-state index contributed by atoms with van der Waals surface area (Å²) in [5.74, 6) is -5.07. The molecule has 1 aliphatic rings. The number of aliphatic imine (C=N–C) groups is 1. The maximum Gasteiger partial charge on any atom is 0.443 e. The van der Waals surface area contributed by atoms with Crippen molar-refractivity contribution in [3.63, 3.8) is 0 Å². The van der Waals surface area contributed by atoms with E-state index in [0.717, 1.165) is 18.2 Å². The number of thioether (sulfide) groups is 1. The number of hydrogen-bond donors (Lipinski definition) is 1. The smallest absolute Gasteiger partial charge is 0.301 e. The van der Waals surface area contributed by atoms with Gasteiger partial charge in [-0.1, -0.05) is 35.0 Å². The molecule has 30 heavy (non-hydrogen) atoms. The number of rotatable bonds is 1. The van der Waals surface area contributed by atoms with Crippen molar-refractivity contribution in [2.75, 3.05) is 0 Å². The van der Waals surface area contributed by atoms with Crippen LogP contribution < -0.4 is 5.32 Å². The Morgan fingerprint density at radius 2 is 1.53 bits per heavy atom. The van der Waals surface area contributed by atoms with Gasteiger partial charge in [0, 0.05) is 5.02 Å². The van der Waals surface area contributed by atoms with Crippen molar-refractivity contribution in [1.29, 1.82) is 0 Å². The minimum atomic E-state index is -6.53. The Labute approximate surface area is 174 Å². The van der Waals surface area contributed by atoms with Gasteiger partial charge in [-0.3, -0.25) is 4.79 Å². The minimum Gasteiger partial charge on any atom is -0.301 e. The van der Waals surface area contributed by atoms with Crippen LogP contribution in [0.15, 0.2) is 33.9 Å². The first kappa shape index (κ1) is 24.6. The van der Waals surface area contributed by atoms with Crippen molar-refractivity contribution < 1.29 is 48.7 Å². The van der Waals surface area contributed by atoms with Crippen LogP contribution in [0.2, 0.25) is 10.0 Å². The number of hydrogen-bond acceptors (Lipinski definition) is 3. The predicted octanol–water partition coefficient (Wildman–Crippen LogP) is 6.43. The first-order valence-corrected chi connectivity index (χ1v) is 8.64. The highest BCUT2D eigenvalue weighted by atomic mass is 35.5. The van der Waals surface area contributed by atoms with Gasteiger partial charge in [-0.05, 0) is 18.2 Å². The molecule has 0 aromatic heterocycles. The Balaban J connectivity index is 2.62. The van der Waals surface area contributed by atoms with Crippen molar-refractivity contribution in [3.05, 3.63) is 44.5 Å². The van der Waals surface area contributed by atoms with E-state index in [1.54, 1.807) is 0 Å². The molecule has 3 nitrogen and oxygen atoms in total. The molecule has 0 fully saturated rings. The third kappa shape index (κ3) is 4.35. The number of alkyl halides is 9. The summed E-state index contributed by atoms with van der Waals surface area (Å²) >= 11 is 10.3. The zero-order valence-electron chi connectivity index (χ0n) is 13.5. The molecule has 0 aliphatic carbocycles. The summed E-state index contributed by atoms with van der Waals surface area (Å²) in [7, 11) is 0. The lowest BCUT2D eigenvalue weighted by molar-refractivity contribution is -0.280. The molecule has 1 heterocycles. The van der Waals surface area contributed by atoms with Gasteiger partial charge in [-0.2, -0.15) is 39.5 Å². The fourth-order valence-corrected chi connectivity index (χ4v) is 3.81. The number of nitrogens with zero attached hydrogens (tertiary/aromatic N) is 1. The van der Waals surface area contributed by atoms with E-state index < -0.39 is 63.2 Å². The number of nitrogens with one attached hydrogen (secondary N) is 1. The van der Waals surface area contributed by atoms with Gasteiger partial charge in [-0.25, -0.2) is 9.38 Å². The van der Waals surface area contributed by atoms with Gasteiger partial charge in [0.15, 0.2) is 5.17 Å². The SMILES string of the molecule is O=C(NC1=NC(C(F)(F)F)(C(F)(F)F)C(=C(F)C(F)(F)F)S1)c1ccc(Cl)cc1Cl. The lowest BCUT2D eigenvalue weighted by Gasteiger charge is -2.31. The number of carbonyl (C=O) groups excluding carboxylic acids is 1. The summed E-state index contributed by atoms with van der Waals surface area (Å²) in [6.07, 6.45) is -19.2. The van der Waals surface area contributed by atoms with E-state index in [0.29, 0.717) is 0 Å². The summed E-state index contributed by atoms with van der Waals surface area (Å²) in [6, 6.07) is 3.04. The van der Waals surface area contributed by atoms with Crippen LogP contribution in [0.25, 0.3) is 0 Å². The predicted molar refractivity (Wildman–Crippen MR) is 88.0 cm³/mol. The van der Waals surface area contributed by atoms with Crippen molar-refractivity contribution in [2.45, 2.75) is 24.1 Å². The largest absolute Gasteiger partial charge is 0.443 e. The van der Waals surface area contributed by atoms with Gasteiger partial charge in [0.2, 0.25) is 5.83 Å². The normalized spacial score (nSPS) is 18.9. The first-order valence-electron chi connectivity index (χ1n) is 7.07. The fraction of sp³-hybridized carbons (Fsp3) is 0.286. The zero-order valence-corrected chi connectivity index (χ0v) is 15.9. The second-order valence-corrected chi connectivity index (χ2v) is 7.29. The van der Waals surface area contributed by atoms with Crippen LogP contribution in [0.4, 0.5) is 43.9 Å². The summed E-state index contributed by atoms with van der Waals surface area (Å²) in [4.78, 5) is 11.5. The zero-order chi connectivity index (χ0) is 23.3. The van der Waals surface area contributed by atoms with Crippen LogP contribution >= 0.6 is 35.0 Å². The molecule has 0 unspecified atom stereocenters. The average molecular weight is 509 g/mol. The van der Waals surface area contributed by atoms with E-state index >= 15 is 0 Å². The molecule has 0 spiro atoms. The van der Waals surface area contributed by atoms with E-state index in [9.17, 15) is 48.7 Å². The van der Waals surface area contributed by atoms with Gasteiger partial charge in [0.25, 0.3) is 11.4 Å². The highest BCUT2D eigenvalue weighted by Gasteiger charge is 2.77. The van der Waals surface area contributed by atoms with Gasteiger partial charge in [-0.15, -0.1) is 0 Å². The van der Waals surface area contributed by atoms with Gasteiger partial charge in [0.05, 0.1) is 15.5 Å². The summed E-state index contributed by atoms with van der Waals surface area (Å²) in [5.41, 5.74) is -6.07. The van der Waals surface area contributed by atoms with E-state index in [-0.39, 0.29) is 10.0 Å². The fourth-order valence-electron chi connectivity index (χ4n) is 2.17. The molecule has 0 saturated carbocycles. The number of allylic oxidation sites excluding steroid dienone is 1. The Morgan fingerprint density at radius 3 is 1.97 bits per heavy atom. The topological polar surface area (TPSA) is 41.5 Å². The van der Waals surface area contributed by atoms with Crippen LogP contribution in [0, 0.1) is 0 Å². The van der Waals surface area contributed by atoms with Crippen LogP contribution in [-0.2, 0) is 0 Å². The summed E-state index contributed by atoms with van der Waals surface area (Å²) in [6.45, 7) is 0. The number of amides is 1. The molecule has 1 aliphatic heterocycles. The molecule has 1 amide bonds. The summed E-state index contributed by atoms with van der Waals surface area (Å²) < 4.78 is 131. The van der Waals surface area contributed by atoms with Crippen molar-refractivity contribution >= 4 is 46.0 Å². The molecule has 1 aromatic carbocycles. The molecule has 0 radical (unpaired) electrons. The van der Waals surface area contributed by atoms with E-state index in [1.807, 2.05) is 0 Å².